The third-order valence-electron chi connectivity index (χ3n) is 3.32. The highest BCUT2D eigenvalue weighted by Crippen LogP contribution is 2.14. The van der Waals surface area contributed by atoms with Crippen LogP contribution in [0.25, 0.3) is 6.08 Å². The van der Waals surface area contributed by atoms with Gasteiger partial charge in [-0.15, -0.1) is 0 Å². The van der Waals surface area contributed by atoms with Crippen LogP contribution < -0.4 is 10.1 Å². The lowest BCUT2D eigenvalue weighted by Crippen LogP contribution is -2.08. The Balaban J connectivity index is 1.95. The highest BCUT2D eigenvalue weighted by Gasteiger charge is 2.02. The van der Waals surface area contributed by atoms with Crippen LogP contribution >= 0.6 is 0 Å². The molecule has 0 bridgehead atoms. The van der Waals surface area contributed by atoms with Crippen LogP contribution in [-0.4, -0.2) is 18.3 Å². The molecule has 0 saturated carbocycles. The summed E-state index contributed by atoms with van der Waals surface area (Å²) in [6.45, 7) is 4.24. The van der Waals surface area contributed by atoms with Crippen molar-refractivity contribution in [3.63, 3.8) is 0 Å². The van der Waals surface area contributed by atoms with Gasteiger partial charge in [-0.25, -0.2) is 0 Å². The lowest BCUT2D eigenvalue weighted by Gasteiger charge is -2.05. The molecule has 0 aromatic heterocycles. The number of hydrogen-bond donors (Lipinski definition) is 1. The summed E-state index contributed by atoms with van der Waals surface area (Å²) in [5.41, 5.74) is 2.08. The lowest BCUT2D eigenvalue weighted by atomic mass is 10.1. The Kier molecular flexibility index (Phi) is 6.32. The van der Waals surface area contributed by atoms with Crippen LogP contribution in [0.1, 0.15) is 36.2 Å². The van der Waals surface area contributed by atoms with E-state index in [9.17, 15) is 9.59 Å². The predicted octanol–water partition coefficient (Wildman–Crippen LogP) is 4.33. The van der Waals surface area contributed by atoms with E-state index in [-0.39, 0.29) is 11.7 Å². The summed E-state index contributed by atoms with van der Waals surface area (Å²) in [5, 5.41) is 2.74. The van der Waals surface area contributed by atoms with Gasteiger partial charge in [0, 0.05) is 17.3 Å². The van der Waals surface area contributed by atoms with Crippen molar-refractivity contribution in [1.82, 2.24) is 0 Å². The van der Waals surface area contributed by atoms with E-state index >= 15 is 0 Å². The van der Waals surface area contributed by atoms with Crippen LogP contribution in [0.15, 0.2) is 54.6 Å². The Bertz CT molecular complexity index is 733. The van der Waals surface area contributed by atoms with E-state index in [1.165, 1.54) is 13.0 Å². The fraction of sp³-hybridized carbons (Fsp3) is 0.200. The third kappa shape index (κ3) is 5.39. The number of anilines is 1. The zero-order valence-corrected chi connectivity index (χ0v) is 13.9. The Hall–Kier alpha value is -2.88. The number of carbonyl (C=O) groups excluding carboxylic acids is 2. The van der Waals surface area contributed by atoms with E-state index in [1.807, 2.05) is 24.3 Å². The Morgan fingerprint density at radius 2 is 1.88 bits per heavy atom. The molecule has 0 spiro atoms. The van der Waals surface area contributed by atoms with E-state index in [0.29, 0.717) is 17.9 Å². The van der Waals surface area contributed by atoms with Gasteiger partial charge in [0.25, 0.3) is 0 Å². The summed E-state index contributed by atoms with van der Waals surface area (Å²) in [6, 6.07) is 14.4. The van der Waals surface area contributed by atoms with Crippen molar-refractivity contribution in [1.29, 1.82) is 0 Å². The summed E-state index contributed by atoms with van der Waals surface area (Å²) in [4.78, 5) is 23.3. The molecule has 0 radical (unpaired) electrons. The number of amides is 1. The van der Waals surface area contributed by atoms with Crippen molar-refractivity contribution in [3.8, 4) is 5.75 Å². The number of Topliss-reactive ketones (excluding diaryl/α,β-unsaturated/α-hetero) is 1. The molecular weight excluding hydrogens is 302 g/mol. The van der Waals surface area contributed by atoms with E-state index in [4.69, 9.17) is 4.74 Å². The van der Waals surface area contributed by atoms with E-state index in [2.05, 4.69) is 12.2 Å². The van der Waals surface area contributed by atoms with Gasteiger partial charge in [0.05, 0.1) is 6.61 Å². The molecule has 0 fully saturated rings. The molecular formula is C20H21NO3. The minimum atomic E-state index is -0.248. The first-order chi connectivity index (χ1) is 11.6. The van der Waals surface area contributed by atoms with Gasteiger partial charge in [0.15, 0.2) is 5.78 Å². The highest BCUT2D eigenvalue weighted by atomic mass is 16.5. The van der Waals surface area contributed by atoms with E-state index in [1.54, 1.807) is 30.3 Å². The maximum atomic E-state index is 12.0. The first-order valence-corrected chi connectivity index (χ1v) is 7.91. The van der Waals surface area contributed by atoms with Gasteiger partial charge < -0.3 is 10.1 Å². The minimum Gasteiger partial charge on any atom is -0.494 e. The SMILES string of the molecule is CCCOc1ccc(/C=C/C(=O)Nc2cccc(C(C)=O)c2)cc1. The standard InChI is InChI=1S/C20H21NO3/c1-3-13-24-19-10-7-16(8-11-19)9-12-20(23)21-18-6-4-5-17(14-18)15(2)22/h4-12,14H,3,13H2,1-2H3,(H,21,23)/b12-9+. The van der Waals surface area contributed by atoms with Gasteiger partial charge in [-0.2, -0.15) is 0 Å². The van der Waals surface area contributed by atoms with Crippen molar-refractivity contribution in [3.05, 3.63) is 65.7 Å². The van der Waals surface area contributed by atoms with Crippen LogP contribution in [-0.2, 0) is 4.79 Å². The van der Waals surface area contributed by atoms with Crippen LogP contribution in [0.2, 0.25) is 0 Å². The molecule has 2 aromatic rings. The second-order valence-electron chi connectivity index (χ2n) is 5.38. The average Bonchev–Trinajstić information content (AvgIpc) is 2.59. The molecule has 2 rings (SSSR count). The van der Waals surface area contributed by atoms with Crippen molar-refractivity contribution >= 4 is 23.5 Å². The summed E-state index contributed by atoms with van der Waals surface area (Å²) in [6.07, 6.45) is 4.16. The fourth-order valence-electron chi connectivity index (χ4n) is 2.07. The molecule has 0 aliphatic heterocycles. The molecule has 24 heavy (non-hydrogen) atoms. The average molecular weight is 323 g/mol. The number of rotatable bonds is 7. The number of benzene rings is 2. The van der Waals surface area contributed by atoms with Gasteiger partial charge in [-0.05, 0) is 49.2 Å². The number of carbonyl (C=O) groups is 2. The summed E-state index contributed by atoms with van der Waals surface area (Å²) >= 11 is 0. The minimum absolute atomic E-state index is 0.0352. The lowest BCUT2D eigenvalue weighted by molar-refractivity contribution is -0.111. The van der Waals surface area contributed by atoms with Crippen LogP contribution in [0.4, 0.5) is 5.69 Å². The molecule has 0 atom stereocenters. The first kappa shape index (κ1) is 17.5. The molecule has 124 valence electrons. The summed E-state index contributed by atoms with van der Waals surface area (Å²) in [7, 11) is 0. The first-order valence-electron chi connectivity index (χ1n) is 7.91. The fourth-order valence-corrected chi connectivity index (χ4v) is 2.07. The molecule has 0 heterocycles. The smallest absolute Gasteiger partial charge is 0.248 e. The number of hydrogen-bond acceptors (Lipinski definition) is 3. The van der Waals surface area contributed by atoms with Gasteiger partial charge in [0.2, 0.25) is 5.91 Å². The zero-order valence-electron chi connectivity index (χ0n) is 13.9. The van der Waals surface area contributed by atoms with Crippen LogP contribution in [0.3, 0.4) is 0 Å². The molecule has 1 N–H and O–H groups in total. The quantitative estimate of drug-likeness (QED) is 0.609. The van der Waals surface area contributed by atoms with Gasteiger partial charge >= 0.3 is 0 Å². The van der Waals surface area contributed by atoms with E-state index < -0.39 is 0 Å². The van der Waals surface area contributed by atoms with Crippen molar-refractivity contribution < 1.29 is 14.3 Å². The highest BCUT2D eigenvalue weighted by molar-refractivity contribution is 6.03. The van der Waals surface area contributed by atoms with E-state index in [0.717, 1.165) is 17.7 Å². The predicted molar refractivity (Wildman–Crippen MR) is 96.3 cm³/mol. The monoisotopic (exact) mass is 323 g/mol. The maximum Gasteiger partial charge on any atom is 0.248 e. The normalized spacial score (nSPS) is 10.6. The maximum absolute atomic E-state index is 12.0. The molecule has 0 unspecified atom stereocenters. The molecule has 4 heteroatoms. The Morgan fingerprint density at radius 3 is 2.54 bits per heavy atom. The third-order valence-corrected chi connectivity index (χ3v) is 3.32. The number of ether oxygens (including phenoxy) is 1. The van der Waals surface area contributed by atoms with Crippen molar-refractivity contribution in [2.75, 3.05) is 11.9 Å². The van der Waals surface area contributed by atoms with Gasteiger partial charge in [-0.3, -0.25) is 9.59 Å². The number of nitrogens with one attached hydrogen (secondary N) is 1. The van der Waals surface area contributed by atoms with Gasteiger partial charge in [-0.1, -0.05) is 31.2 Å². The molecule has 0 aliphatic rings. The molecule has 0 aliphatic carbocycles. The largest absolute Gasteiger partial charge is 0.494 e. The van der Waals surface area contributed by atoms with Crippen molar-refractivity contribution in [2.24, 2.45) is 0 Å². The Morgan fingerprint density at radius 1 is 1.12 bits per heavy atom. The van der Waals surface area contributed by atoms with Crippen molar-refractivity contribution in [2.45, 2.75) is 20.3 Å². The van der Waals surface area contributed by atoms with Crippen LogP contribution in [0, 0.1) is 0 Å². The van der Waals surface area contributed by atoms with Gasteiger partial charge in [0.1, 0.15) is 5.75 Å². The Labute approximate surface area is 142 Å². The molecule has 2 aromatic carbocycles. The molecule has 1 amide bonds. The second-order valence-corrected chi connectivity index (χ2v) is 5.38. The molecule has 4 nitrogen and oxygen atoms in total. The van der Waals surface area contributed by atoms with Crippen LogP contribution in [0.5, 0.6) is 5.75 Å². The summed E-state index contributed by atoms with van der Waals surface area (Å²) < 4.78 is 5.51. The summed E-state index contributed by atoms with van der Waals surface area (Å²) in [5.74, 6) is 0.536. The number of ketones is 1. The zero-order chi connectivity index (χ0) is 17.4. The molecule has 0 saturated heterocycles. The topological polar surface area (TPSA) is 55.4 Å². The second kappa shape index (κ2) is 8.67.